The first-order chi connectivity index (χ1) is 13.9. The highest BCUT2D eigenvalue weighted by Crippen LogP contribution is 2.22. The van der Waals surface area contributed by atoms with Crippen LogP contribution in [0.1, 0.15) is 21.5 Å². The van der Waals surface area contributed by atoms with Gasteiger partial charge in [-0.15, -0.1) is 0 Å². The molecule has 0 spiro atoms. The summed E-state index contributed by atoms with van der Waals surface area (Å²) < 4.78 is 20.2. The van der Waals surface area contributed by atoms with Crippen LogP contribution in [0.15, 0.2) is 77.7 Å². The molecular formula is C24H18FNO3. The van der Waals surface area contributed by atoms with E-state index >= 15 is 0 Å². The van der Waals surface area contributed by atoms with Crippen LogP contribution < -0.4 is 10.3 Å². The van der Waals surface area contributed by atoms with E-state index < -0.39 is 11.8 Å². The average Bonchev–Trinajstić information content (AvgIpc) is 2.68. The smallest absolute Gasteiger partial charge is 0.345 e. The molecule has 4 aromatic rings. The van der Waals surface area contributed by atoms with Crippen molar-refractivity contribution in [3.05, 3.63) is 106 Å². The molecule has 4 rings (SSSR count). The zero-order chi connectivity index (χ0) is 20.5. The highest BCUT2D eigenvalue weighted by molar-refractivity contribution is 6.04. The monoisotopic (exact) mass is 387 g/mol. The number of benzene rings is 3. The summed E-state index contributed by atoms with van der Waals surface area (Å²) >= 11 is 0. The summed E-state index contributed by atoms with van der Waals surface area (Å²) in [6, 6.07) is 17.9. The molecule has 0 N–H and O–H groups in total. The van der Waals surface area contributed by atoms with Gasteiger partial charge in [-0.05, 0) is 67.4 Å². The lowest BCUT2D eigenvalue weighted by Gasteiger charge is -2.13. The van der Waals surface area contributed by atoms with Crippen molar-refractivity contribution in [2.24, 2.45) is 0 Å². The first-order valence-corrected chi connectivity index (χ1v) is 9.13. The lowest BCUT2D eigenvalue weighted by Crippen LogP contribution is -2.22. The maximum Gasteiger partial charge on any atom is 0.345 e. The maximum atomic E-state index is 13.3. The zero-order valence-electron chi connectivity index (χ0n) is 16.0. The third kappa shape index (κ3) is 3.67. The number of esters is 1. The summed E-state index contributed by atoms with van der Waals surface area (Å²) in [5.41, 5.74) is 2.38. The Morgan fingerprint density at radius 2 is 1.52 bits per heavy atom. The molecule has 0 saturated heterocycles. The predicted octanol–water partition coefficient (Wildman–Crippen LogP) is 4.97. The Balaban J connectivity index is 1.86. The molecule has 29 heavy (non-hydrogen) atoms. The number of nitrogens with zero attached hydrogens (tertiary/aromatic N) is 1. The molecule has 0 bridgehead atoms. The van der Waals surface area contributed by atoms with Crippen molar-refractivity contribution < 1.29 is 13.9 Å². The van der Waals surface area contributed by atoms with E-state index in [-0.39, 0.29) is 11.1 Å². The lowest BCUT2D eigenvalue weighted by atomic mass is 10.1. The van der Waals surface area contributed by atoms with Gasteiger partial charge in [0.2, 0.25) is 0 Å². The van der Waals surface area contributed by atoms with Crippen LogP contribution in [0.2, 0.25) is 0 Å². The zero-order valence-corrected chi connectivity index (χ0v) is 16.0. The van der Waals surface area contributed by atoms with Gasteiger partial charge >= 0.3 is 5.97 Å². The molecular weight excluding hydrogens is 369 g/mol. The van der Waals surface area contributed by atoms with Crippen molar-refractivity contribution in [2.45, 2.75) is 13.8 Å². The Morgan fingerprint density at radius 1 is 0.897 bits per heavy atom. The van der Waals surface area contributed by atoms with Crippen LogP contribution in [0.5, 0.6) is 5.75 Å². The van der Waals surface area contributed by atoms with Gasteiger partial charge < -0.3 is 4.74 Å². The molecule has 1 heterocycles. The summed E-state index contributed by atoms with van der Waals surface area (Å²) in [6.45, 7) is 3.85. The van der Waals surface area contributed by atoms with Crippen LogP contribution in [0.4, 0.5) is 4.39 Å². The second kappa shape index (κ2) is 7.36. The lowest BCUT2D eigenvalue weighted by molar-refractivity contribution is 0.0736. The first kappa shape index (κ1) is 18.6. The number of halogens is 1. The molecule has 144 valence electrons. The quantitative estimate of drug-likeness (QED) is 0.369. The van der Waals surface area contributed by atoms with E-state index in [0.29, 0.717) is 22.2 Å². The minimum absolute atomic E-state index is 0.253. The van der Waals surface area contributed by atoms with E-state index in [0.717, 1.165) is 11.1 Å². The number of hydrogen-bond acceptors (Lipinski definition) is 3. The molecule has 0 saturated carbocycles. The summed E-state index contributed by atoms with van der Waals surface area (Å²) in [7, 11) is 0. The largest absolute Gasteiger partial charge is 0.423 e. The van der Waals surface area contributed by atoms with E-state index in [4.69, 9.17) is 4.74 Å². The van der Waals surface area contributed by atoms with Gasteiger partial charge in [-0.3, -0.25) is 9.36 Å². The van der Waals surface area contributed by atoms with Crippen molar-refractivity contribution >= 4 is 16.7 Å². The van der Waals surface area contributed by atoms with Gasteiger partial charge in [-0.25, -0.2) is 9.18 Å². The molecule has 1 aromatic heterocycles. The summed E-state index contributed by atoms with van der Waals surface area (Å²) in [5, 5.41) is 0.886. The van der Waals surface area contributed by atoms with E-state index in [1.54, 1.807) is 36.4 Å². The topological polar surface area (TPSA) is 48.3 Å². The number of fused-ring (bicyclic) bond motifs is 1. The molecule has 0 aliphatic heterocycles. The average molecular weight is 387 g/mol. The van der Waals surface area contributed by atoms with Crippen molar-refractivity contribution in [3.63, 3.8) is 0 Å². The number of carbonyl (C=O) groups is 1. The number of rotatable bonds is 3. The Morgan fingerprint density at radius 3 is 2.17 bits per heavy atom. The second-order valence-electron chi connectivity index (χ2n) is 6.95. The van der Waals surface area contributed by atoms with Crippen LogP contribution >= 0.6 is 0 Å². The molecule has 0 radical (unpaired) electrons. The highest BCUT2D eigenvalue weighted by atomic mass is 19.1. The fourth-order valence-electron chi connectivity index (χ4n) is 3.40. The van der Waals surface area contributed by atoms with Gasteiger partial charge in [-0.2, -0.15) is 0 Å². The molecule has 4 nitrogen and oxygen atoms in total. The van der Waals surface area contributed by atoms with Crippen molar-refractivity contribution in [1.29, 1.82) is 0 Å². The van der Waals surface area contributed by atoms with E-state index in [1.807, 2.05) is 19.9 Å². The van der Waals surface area contributed by atoms with E-state index in [9.17, 15) is 14.0 Å². The summed E-state index contributed by atoms with van der Waals surface area (Å²) in [5.74, 6) is -0.532. The number of pyridine rings is 1. The van der Waals surface area contributed by atoms with E-state index in [1.165, 1.54) is 35.0 Å². The molecule has 0 atom stereocenters. The van der Waals surface area contributed by atoms with Crippen LogP contribution in [0.25, 0.3) is 16.5 Å². The van der Waals surface area contributed by atoms with Crippen molar-refractivity contribution in [1.82, 2.24) is 4.57 Å². The summed E-state index contributed by atoms with van der Waals surface area (Å²) in [4.78, 5) is 26.0. The minimum atomic E-state index is -0.568. The second-order valence-corrected chi connectivity index (χ2v) is 6.95. The van der Waals surface area contributed by atoms with E-state index in [2.05, 4.69) is 0 Å². The molecule has 3 aromatic carbocycles. The third-order valence-corrected chi connectivity index (χ3v) is 4.66. The fourth-order valence-corrected chi connectivity index (χ4v) is 3.40. The van der Waals surface area contributed by atoms with Crippen LogP contribution in [-0.4, -0.2) is 10.5 Å². The molecule has 0 unspecified atom stereocenters. The first-order valence-electron chi connectivity index (χ1n) is 9.13. The number of aromatic nitrogens is 1. The van der Waals surface area contributed by atoms with Crippen LogP contribution in [-0.2, 0) is 0 Å². The van der Waals surface area contributed by atoms with Crippen LogP contribution in [0, 0.1) is 19.7 Å². The molecule has 0 amide bonds. The van der Waals surface area contributed by atoms with Gasteiger partial charge in [0.25, 0.3) is 5.56 Å². The highest BCUT2D eigenvalue weighted by Gasteiger charge is 2.17. The van der Waals surface area contributed by atoms with Gasteiger partial charge in [0, 0.05) is 22.7 Å². The Bertz CT molecular complexity index is 1270. The standard InChI is InChI=1S/C24H18FNO3/c1-15-11-16(2)13-19(12-15)29-24(28)22-14-26(18-9-7-17(25)8-10-18)23(27)21-6-4-3-5-20(21)22/h3-14H,1-2H3. The van der Waals surface area contributed by atoms with Crippen molar-refractivity contribution in [2.75, 3.05) is 0 Å². The number of ether oxygens (including phenoxy) is 1. The normalized spacial score (nSPS) is 10.9. The number of carbonyl (C=O) groups excluding carboxylic acids is 1. The Hall–Kier alpha value is -3.73. The molecule has 0 aliphatic carbocycles. The van der Waals surface area contributed by atoms with Gasteiger partial charge in [0.1, 0.15) is 11.6 Å². The Kier molecular flexibility index (Phi) is 4.72. The molecule has 0 fully saturated rings. The van der Waals surface area contributed by atoms with Gasteiger partial charge in [-0.1, -0.05) is 24.3 Å². The number of aryl methyl sites for hydroxylation is 2. The minimum Gasteiger partial charge on any atom is -0.423 e. The number of hydrogen-bond donors (Lipinski definition) is 0. The fraction of sp³-hybridized carbons (Fsp3) is 0.0833. The molecule has 5 heteroatoms. The van der Waals surface area contributed by atoms with Gasteiger partial charge in [0.05, 0.1) is 5.56 Å². The maximum absolute atomic E-state index is 13.3. The Labute approximate surface area is 166 Å². The van der Waals surface area contributed by atoms with Gasteiger partial charge in [0.15, 0.2) is 0 Å². The SMILES string of the molecule is Cc1cc(C)cc(OC(=O)c2cn(-c3ccc(F)cc3)c(=O)c3ccccc23)c1. The third-order valence-electron chi connectivity index (χ3n) is 4.66. The van der Waals surface area contributed by atoms with Crippen LogP contribution in [0.3, 0.4) is 0 Å². The molecule has 0 aliphatic rings. The van der Waals surface area contributed by atoms with Crippen molar-refractivity contribution in [3.8, 4) is 11.4 Å². The summed E-state index contributed by atoms with van der Waals surface area (Å²) in [6.07, 6.45) is 1.45. The predicted molar refractivity (Wildman–Crippen MR) is 110 cm³/mol.